The summed E-state index contributed by atoms with van der Waals surface area (Å²) in [6, 6.07) is 0. The molecule has 0 radical (unpaired) electrons. The summed E-state index contributed by atoms with van der Waals surface area (Å²) >= 11 is 0. The largest absolute Gasteiger partial charge is 0.376 e. The summed E-state index contributed by atoms with van der Waals surface area (Å²) in [4.78, 5) is 11.1. The molecule has 0 bridgehead atoms. The molecule has 1 saturated heterocycles. The molecule has 1 aliphatic heterocycles. The molecule has 1 amide bonds. The van der Waals surface area contributed by atoms with Crippen LogP contribution < -0.4 is 10.6 Å². The van der Waals surface area contributed by atoms with Crippen LogP contribution in [0.3, 0.4) is 0 Å². The van der Waals surface area contributed by atoms with Crippen LogP contribution in [0.1, 0.15) is 26.2 Å². The van der Waals surface area contributed by atoms with Crippen molar-refractivity contribution in [1.29, 1.82) is 0 Å². The molecule has 0 saturated carbocycles. The summed E-state index contributed by atoms with van der Waals surface area (Å²) in [6.45, 7) is 5.37. The van der Waals surface area contributed by atoms with Gasteiger partial charge < -0.3 is 15.4 Å². The molecule has 2 N–H and O–H groups in total. The van der Waals surface area contributed by atoms with E-state index in [1.165, 1.54) is 0 Å². The lowest BCUT2D eigenvalue weighted by atomic mass is 10.2. The molecule has 1 rings (SSSR count). The van der Waals surface area contributed by atoms with Gasteiger partial charge in [0.15, 0.2) is 0 Å². The van der Waals surface area contributed by atoms with Crippen molar-refractivity contribution in [2.24, 2.45) is 0 Å². The molecule has 1 fully saturated rings. The highest BCUT2D eigenvalue weighted by Gasteiger charge is 2.12. The maximum Gasteiger partial charge on any atom is 0.219 e. The second-order valence-electron chi connectivity index (χ2n) is 3.59. The second kappa shape index (κ2) is 6.79. The third kappa shape index (κ3) is 4.58. The standard InChI is InChI=1S/C10H20N2O2/c1-2-3-10(13)12-5-4-9-8-11-6-7-14-9/h9,11H,2-8H2,1H3,(H,12,13). The number of ether oxygens (including phenoxy) is 1. The minimum absolute atomic E-state index is 0.149. The van der Waals surface area contributed by atoms with Crippen molar-refractivity contribution in [2.45, 2.75) is 32.3 Å². The molecular formula is C10H20N2O2. The van der Waals surface area contributed by atoms with Gasteiger partial charge in [-0.2, -0.15) is 0 Å². The third-order valence-electron chi connectivity index (χ3n) is 2.27. The lowest BCUT2D eigenvalue weighted by Crippen LogP contribution is -2.40. The lowest BCUT2D eigenvalue weighted by molar-refractivity contribution is -0.121. The van der Waals surface area contributed by atoms with Crippen molar-refractivity contribution < 1.29 is 9.53 Å². The van der Waals surface area contributed by atoms with E-state index in [0.717, 1.165) is 39.1 Å². The van der Waals surface area contributed by atoms with Gasteiger partial charge >= 0.3 is 0 Å². The van der Waals surface area contributed by atoms with Gasteiger partial charge in [0, 0.05) is 26.1 Å². The molecule has 4 nitrogen and oxygen atoms in total. The van der Waals surface area contributed by atoms with Gasteiger partial charge in [0.05, 0.1) is 12.7 Å². The first-order valence-corrected chi connectivity index (χ1v) is 5.42. The lowest BCUT2D eigenvalue weighted by Gasteiger charge is -2.23. The van der Waals surface area contributed by atoms with Crippen molar-refractivity contribution >= 4 is 5.91 Å². The van der Waals surface area contributed by atoms with Gasteiger partial charge in [-0.25, -0.2) is 0 Å². The van der Waals surface area contributed by atoms with Crippen molar-refractivity contribution in [3.05, 3.63) is 0 Å². The van der Waals surface area contributed by atoms with Gasteiger partial charge in [0.2, 0.25) is 5.91 Å². The Kier molecular flexibility index (Phi) is 5.56. The van der Waals surface area contributed by atoms with E-state index < -0.39 is 0 Å². The van der Waals surface area contributed by atoms with Crippen LogP contribution in [0.15, 0.2) is 0 Å². The molecule has 0 aromatic heterocycles. The van der Waals surface area contributed by atoms with Crippen LogP contribution in [0.25, 0.3) is 0 Å². The summed E-state index contributed by atoms with van der Waals surface area (Å²) in [7, 11) is 0. The second-order valence-corrected chi connectivity index (χ2v) is 3.59. The van der Waals surface area contributed by atoms with Gasteiger partial charge in [-0.1, -0.05) is 6.92 Å². The molecule has 1 unspecified atom stereocenters. The highest BCUT2D eigenvalue weighted by Crippen LogP contribution is 1.99. The molecule has 1 aliphatic rings. The average molecular weight is 200 g/mol. The maximum absolute atomic E-state index is 11.1. The highest BCUT2D eigenvalue weighted by molar-refractivity contribution is 5.75. The number of rotatable bonds is 5. The molecule has 1 atom stereocenters. The number of carbonyl (C=O) groups is 1. The van der Waals surface area contributed by atoms with Crippen LogP contribution in [-0.4, -0.2) is 38.3 Å². The minimum atomic E-state index is 0.149. The molecule has 0 aromatic carbocycles. The topological polar surface area (TPSA) is 50.4 Å². The fraction of sp³-hybridized carbons (Fsp3) is 0.900. The molecular weight excluding hydrogens is 180 g/mol. The van der Waals surface area contributed by atoms with Crippen molar-refractivity contribution in [2.75, 3.05) is 26.2 Å². The Balaban J connectivity index is 1.99. The Labute approximate surface area is 85.4 Å². The highest BCUT2D eigenvalue weighted by atomic mass is 16.5. The summed E-state index contributed by atoms with van der Waals surface area (Å²) in [6.07, 6.45) is 2.71. The van der Waals surface area contributed by atoms with Crippen LogP contribution in [0.2, 0.25) is 0 Å². The third-order valence-corrected chi connectivity index (χ3v) is 2.27. The first-order chi connectivity index (χ1) is 6.83. The zero-order chi connectivity index (χ0) is 10.2. The van der Waals surface area contributed by atoms with E-state index in [4.69, 9.17) is 4.74 Å². The zero-order valence-electron chi connectivity index (χ0n) is 8.84. The Hall–Kier alpha value is -0.610. The predicted molar refractivity (Wildman–Crippen MR) is 55.1 cm³/mol. The first kappa shape index (κ1) is 11.5. The quantitative estimate of drug-likeness (QED) is 0.670. The molecule has 1 heterocycles. The summed E-state index contributed by atoms with van der Waals surface area (Å²) in [5.41, 5.74) is 0. The number of carbonyl (C=O) groups excluding carboxylic acids is 1. The summed E-state index contributed by atoms with van der Waals surface area (Å²) in [5.74, 6) is 0.149. The van der Waals surface area contributed by atoms with Gasteiger partial charge in [-0.15, -0.1) is 0 Å². The van der Waals surface area contributed by atoms with E-state index in [1.807, 2.05) is 6.92 Å². The van der Waals surface area contributed by atoms with Crippen molar-refractivity contribution in [1.82, 2.24) is 10.6 Å². The van der Waals surface area contributed by atoms with Gasteiger partial charge in [0.25, 0.3) is 0 Å². The van der Waals surface area contributed by atoms with E-state index in [0.29, 0.717) is 6.42 Å². The molecule has 82 valence electrons. The SMILES string of the molecule is CCCC(=O)NCCC1CNCCO1. The smallest absolute Gasteiger partial charge is 0.219 e. The fourth-order valence-corrected chi connectivity index (χ4v) is 1.49. The first-order valence-electron chi connectivity index (χ1n) is 5.42. The van der Waals surface area contributed by atoms with E-state index in [1.54, 1.807) is 0 Å². The minimum Gasteiger partial charge on any atom is -0.376 e. The normalized spacial score (nSPS) is 21.9. The summed E-state index contributed by atoms with van der Waals surface area (Å²) < 4.78 is 5.51. The Morgan fingerprint density at radius 1 is 1.64 bits per heavy atom. The van der Waals surface area contributed by atoms with Crippen LogP contribution in [0.5, 0.6) is 0 Å². The predicted octanol–water partition coefficient (Wildman–Crippen LogP) is 0.281. The van der Waals surface area contributed by atoms with Gasteiger partial charge in [-0.3, -0.25) is 4.79 Å². The number of nitrogens with one attached hydrogen (secondary N) is 2. The number of hydrogen-bond acceptors (Lipinski definition) is 3. The van der Waals surface area contributed by atoms with Gasteiger partial charge in [0.1, 0.15) is 0 Å². The molecule has 0 spiro atoms. The van der Waals surface area contributed by atoms with Crippen LogP contribution in [0, 0.1) is 0 Å². The van der Waals surface area contributed by atoms with Crippen LogP contribution in [-0.2, 0) is 9.53 Å². The van der Waals surface area contributed by atoms with E-state index >= 15 is 0 Å². The monoisotopic (exact) mass is 200 g/mol. The Bertz CT molecular complexity index is 168. The molecule has 4 heteroatoms. The fourth-order valence-electron chi connectivity index (χ4n) is 1.49. The molecule has 0 aromatic rings. The maximum atomic E-state index is 11.1. The van der Waals surface area contributed by atoms with E-state index in [2.05, 4.69) is 10.6 Å². The van der Waals surface area contributed by atoms with E-state index in [-0.39, 0.29) is 12.0 Å². The van der Waals surface area contributed by atoms with Crippen LogP contribution in [0.4, 0.5) is 0 Å². The average Bonchev–Trinajstić information content (AvgIpc) is 2.20. The van der Waals surface area contributed by atoms with Crippen molar-refractivity contribution in [3.63, 3.8) is 0 Å². The van der Waals surface area contributed by atoms with Gasteiger partial charge in [-0.05, 0) is 12.8 Å². The zero-order valence-corrected chi connectivity index (χ0v) is 8.84. The van der Waals surface area contributed by atoms with E-state index in [9.17, 15) is 4.79 Å². The number of hydrogen-bond donors (Lipinski definition) is 2. The molecule has 14 heavy (non-hydrogen) atoms. The Morgan fingerprint density at radius 2 is 2.50 bits per heavy atom. The van der Waals surface area contributed by atoms with Crippen molar-refractivity contribution in [3.8, 4) is 0 Å². The number of amides is 1. The Morgan fingerprint density at radius 3 is 3.14 bits per heavy atom. The number of morpholine rings is 1. The summed E-state index contributed by atoms with van der Waals surface area (Å²) in [5, 5.41) is 6.14. The van der Waals surface area contributed by atoms with Crippen LogP contribution >= 0.6 is 0 Å². The molecule has 0 aliphatic carbocycles.